The van der Waals surface area contributed by atoms with Crippen LogP contribution in [-0.4, -0.2) is 18.8 Å². The van der Waals surface area contributed by atoms with E-state index in [9.17, 15) is 0 Å². The minimum absolute atomic E-state index is 0. The van der Waals surface area contributed by atoms with Crippen LogP contribution in [0.4, 0.5) is 0 Å². The Kier molecular flexibility index (Phi) is 5.70. The maximum atomic E-state index is 6.11. The molecule has 0 aromatic heterocycles. The third kappa shape index (κ3) is 3.77. The topological polar surface area (TPSA) is 64.1 Å². The Balaban J connectivity index is 0.000000211. The average molecular weight is 324 g/mol. The summed E-state index contributed by atoms with van der Waals surface area (Å²) in [5.74, 6) is 7.14. The Hall–Kier alpha value is -0.120. The van der Waals surface area contributed by atoms with Crippen molar-refractivity contribution in [3.63, 3.8) is 0 Å². The molecule has 4 aliphatic carbocycles. The van der Waals surface area contributed by atoms with Gasteiger partial charge in [-0.1, -0.05) is 32.6 Å². The van der Waals surface area contributed by atoms with Gasteiger partial charge in [0.25, 0.3) is 0 Å². The first kappa shape index (κ1) is 17.7. The summed E-state index contributed by atoms with van der Waals surface area (Å²) in [5, 5.41) is 3.33. The fraction of sp³-hybridized carbons (Fsp3) is 1.00. The van der Waals surface area contributed by atoms with Gasteiger partial charge in [-0.2, -0.15) is 0 Å². The highest BCUT2D eigenvalue weighted by atomic mass is 15.0. The van der Waals surface area contributed by atoms with Gasteiger partial charge in [0.05, 0.1) is 6.17 Å². The first-order valence-electron chi connectivity index (χ1n) is 10.2. The van der Waals surface area contributed by atoms with E-state index in [1.165, 1.54) is 49.4 Å². The molecule has 3 nitrogen and oxygen atoms in total. The summed E-state index contributed by atoms with van der Waals surface area (Å²) in [6.45, 7) is 7.43. The number of nitrogens with one attached hydrogen (secondary N) is 1. The summed E-state index contributed by atoms with van der Waals surface area (Å²) in [4.78, 5) is 0. The van der Waals surface area contributed by atoms with E-state index in [1.54, 1.807) is 19.3 Å². The van der Waals surface area contributed by atoms with Gasteiger partial charge in [-0.05, 0) is 74.5 Å². The number of hydrogen-bond donors (Lipinski definition) is 3. The fourth-order valence-corrected chi connectivity index (χ4v) is 5.97. The molecular weight excluding hydrogens is 282 g/mol. The quantitative estimate of drug-likeness (QED) is 0.655. The number of nitrogens with two attached hydrogens (primary N) is 2. The van der Waals surface area contributed by atoms with Crippen molar-refractivity contribution in [2.75, 3.05) is 6.54 Å². The number of hydrogen-bond acceptors (Lipinski definition) is 3. The van der Waals surface area contributed by atoms with Gasteiger partial charge in [-0.25, -0.2) is 0 Å². The highest BCUT2D eigenvalue weighted by molar-refractivity contribution is 5.10. The highest BCUT2D eigenvalue weighted by Crippen LogP contribution is 2.69. The van der Waals surface area contributed by atoms with E-state index in [0.29, 0.717) is 11.8 Å². The third-order valence-corrected chi connectivity index (χ3v) is 7.62. The molecule has 0 aromatic carbocycles. The highest BCUT2D eigenvalue weighted by Gasteiger charge is 2.61. The van der Waals surface area contributed by atoms with Gasteiger partial charge in [0.2, 0.25) is 0 Å². The molecular formula is C20H41N3. The first-order chi connectivity index (χ1) is 11.0. The van der Waals surface area contributed by atoms with Crippen molar-refractivity contribution in [3.05, 3.63) is 0 Å². The van der Waals surface area contributed by atoms with E-state index in [4.69, 9.17) is 11.5 Å². The second-order valence-electron chi connectivity index (χ2n) is 9.19. The van der Waals surface area contributed by atoms with Gasteiger partial charge in [0.15, 0.2) is 0 Å². The molecule has 0 saturated heterocycles. The van der Waals surface area contributed by atoms with Crippen LogP contribution in [0.5, 0.6) is 0 Å². The molecule has 3 heteroatoms. The lowest BCUT2D eigenvalue weighted by atomic mass is 9.37. The monoisotopic (exact) mass is 323 g/mol. The van der Waals surface area contributed by atoms with Crippen LogP contribution in [0.15, 0.2) is 0 Å². The van der Waals surface area contributed by atoms with Crippen LogP contribution < -0.4 is 16.8 Å². The molecule has 4 aliphatic rings. The first-order valence-corrected chi connectivity index (χ1v) is 10.2. The predicted molar refractivity (Wildman–Crippen MR) is 99.8 cm³/mol. The molecule has 4 saturated carbocycles. The van der Waals surface area contributed by atoms with Crippen LogP contribution in [0.3, 0.4) is 0 Å². The van der Waals surface area contributed by atoms with Gasteiger partial charge in [-0.3, -0.25) is 0 Å². The summed E-state index contributed by atoms with van der Waals surface area (Å²) < 4.78 is 0. The normalized spacial score (nSPS) is 39.5. The van der Waals surface area contributed by atoms with E-state index in [-0.39, 0.29) is 13.6 Å². The molecule has 0 amide bonds. The van der Waals surface area contributed by atoms with Crippen LogP contribution in [0.2, 0.25) is 0 Å². The van der Waals surface area contributed by atoms with Gasteiger partial charge in [-0.15, -0.1) is 0 Å². The summed E-state index contributed by atoms with van der Waals surface area (Å²) in [7, 11) is 0. The molecule has 23 heavy (non-hydrogen) atoms. The molecule has 0 radical (unpaired) electrons. The molecule has 0 aromatic rings. The molecule has 5 N–H and O–H groups in total. The van der Waals surface area contributed by atoms with E-state index >= 15 is 0 Å². The standard InChI is InChI=1S/C13H29N3.C7H10.H2/c1-9(12-6-4-5-7-12)13(10(2)14)8-16-11(3)15;1-4-2-6-3-5(1)7(4)6;/h9-13,16H,4-8,14-15H2,1-3H3;4-7H,1-3H2;1H/t9?,10?,11-,13?;;/m1../s1. The second kappa shape index (κ2) is 7.41. The van der Waals surface area contributed by atoms with E-state index in [1.807, 2.05) is 6.92 Å². The Labute approximate surface area is 144 Å². The summed E-state index contributed by atoms with van der Waals surface area (Å²) in [6.07, 6.45) is 10.5. The number of rotatable bonds is 6. The van der Waals surface area contributed by atoms with Crippen molar-refractivity contribution in [2.24, 2.45) is 52.9 Å². The molecule has 136 valence electrons. The van der Waals surface area contributed by atoms with E-state index in [2.05, 4.69) is 19.2 Å². The molecule has 0 spiro atoms. The summed E-state index contributed by atoms with van der Waals surface area (Å²) >= 11 is 0. The molecule has 4 fully saturated rings. The van der Waals surface area contributed by atoms with Crippen molar-refractivity contribution in [2.45, 2.75) is 77.9 Å². The fourth-order valence-electron chi connectivity index (χ4n) is 5.97. The van der Waals surface area contributed by atoms with Crippen LogP contribution in [0, 0.1) is 41.4 Å². The van der Waals surface area contributed by atoms with Crippen molar-refractivity contribution in [1.29, 1.82) is 0 Å². The SMILES string of the molecule is C1C2CC3CC1C23.CC(N)C(CN[C@H](C)N)C(C)C1CCCC1.[HH]. The van der Waals surface area contributed by atoms with Gasteiger partial charge < -0.3 is 16.8 Å². The van der Waals surface area contributed by atoms with Gasteiger partial charge in [0.1, 0.15) is 0 Å². The van der Waals surface area contributed by atoms with Crippen LogP contribution in [-0.2, 0) is 0 Å². The lowest BCUT2D eigenvalue weighted by Crippen LogP contribution is -2.60. The Morgan fingerprint density at radius 2 is 1.48 bits per heavy atom. The smallest absolute Gasteiger partial charge is 0.0517 e. The van der Waals surface area contributed by atoms with Crippen molar-refractivity contribution in [1.82, 2.24) is 5.32 Å². The van der Waals surface area contributed by atoms with Crippen LogP contribution >= 0.6 is 0 Å². The molecule has 4 atom stereocenters. The Morgan fingerprint density at radius 1 is 0.957 bits per heavy atom. The lowest BCUT2D eigenvalue weighted by molar-refractivity contribution is -0.191. The Bertz CT molecular complexity index is 351. The zero-order chi connectivity index (χ0) is 16.6. The van der Waals surface area contributed by atoms with Gasteiger partial charge >= 0.3 is 0 Å². The zero-order valence-corrected chi connectivity index (χ0v) is 15.5. The Morgan fingerprint density at radius 3 is 1.78 bits per heavy atom. The minimum Gasteiger partial charge on any atom is -0.328 e. The largest absolute Gasteiger partial charge is 0.328 e. The predicted octanol–water partition coefficient (Wildman–Crippen LogP) is 3.58. The summed E-state index contributed by atoms with van der Waals surface area (Å²) in [5.41, 5.74) is 11.9. The summed E-state index contributed by atoms with van der Waals surface area (Å²) in [6, 6.07) is 0.252. The lowest BCUT2D eigenvalue weighted by Gasteiger charge is -2.68. The minimum atomic E-state index is 0. The van der Waals surface area contributed by atoms with E-state index < -0.39 is 0 Å². The van der Waals surface area contributed by atoms with E-state index in [0.717, 1.165) is 12.5 Å². The molecule has 0 bridgehead atoms. The van der Waals surface area contributed by atoms with Crippen LogP contribution in [0.25, 0.3) is 0 Å². The molecule has 0 heterocycles. The molecule has 3 unspecified atom stereocenters. The zero-order valence-electron chi connectivity index (χ0n) is 15.5. The maximum absolute atomic E-state index is 6.11. The average Bonchev–Trinajstić information content (AvgIpc) is 3.01. The van der Waals surface area contributed by atoms with Gasteiger partial charge in [0, 0.05) is 14.0 Å². The second-order valence-corrected chi connectivity index (χ2v) is 9.19. The molecule has 0 aliphatic heterocycles. The maximum Gasteiger partial charge on any atom is 0.0517 e. The van der Waals surface area contributed by atoms with Crippen molar-refractivity contribution in [3.8, 4) is 0 Å². The molecule has 4 rings (SSSR count). The van der Waals surface area contributed by atoms with Crippen molar-refractivity contribution >= 4 is 0 Å². The third-order valence-electron chi connectivity index (χ3n) is 7.62. The van der Waals surface area contributed by atoms with Crippen LogP contribution in [0.1, 0.15) is 67.1 Å². The van der Waals surface area contributed by atoms with Crippen molar-refractivity contribution < 1.29 is 1.43 Å².